The van der Waals surface area contributed by atoms with Gasteiger partial charge in [-0.25, -0.2) is 10.5 Å². The molecule has 4 unspecified atom stereocenters. The van der Waals surface area contributed by atoms with Gasteiger partial charge in [-0.05, 0) is 135 Å². The van der Waals surface area contributed by atoms with Gasteiger partial charge in [0, 0.05) is 80.9 Å². The topological polar surface area (TPSA) is 227 Å². The zero-order chi connectivity index (χ0) is 65.2. The number of fused-ring (bicyclic) bond motifs is 1. The molecule has 7 rings (SSSR count). The molecule has 26 heteroatoms. The first-order valence-electron chi connectivity index (χ1n) is 29.5. The lowest BCUT2D eigenvalue weighted by molar-refractivity contribution is -0.159. The van der Waals surface area contributed by atoms with Crippen molar-refractivity contribution in [1.29, 1.82) is 0 Å². The molecular weight excluding hydrogens is 1220 g/mol. The van der Waals surface area contributed by atoms with Crippen LogP contribution in [0.3, 0.4) is 0 Å². The normalized spacial score (nSPS) is 20.3. The van der Waals surface area contributed by atoms with Crippen molar-refractivity contribution in [3.05, 3.63) is 118 Å². The monoisotopic (exact) mass is 1310 g/mol. The van der Waals surface area contributed by atoms with Crippen molar-refractivity contribution < 1.29 is 83.9 Å². The Morgan fingerprint density at radius 2 is 0.955 bits per heavy atom. The summed E-state index contributed by atoms with van der Waals surface area (Å²) < 4.78 is 100. The molecule has 3 aromatic rings. The molecular formula is C62H84F4N4O14P4. The largest absolute Gasteiger partial charge is 0.433 e. The van der Waals surface area contributed by atoms with Crippen LogP contribution in [-0.2, 0) is 80.2 Å². The number of alkyl halides is 4. The molecule has 0 bridgehead atoms. The lowest BCUT2D eigenvalue weighted by Gasteiger charge is -2.37. The van der Waals surface area contributed by atoms with Gasteiger partial charge in [-0.1, -0.05) is 114 Å². The van der Waals surface area contributed by atoms with E-state index in [1.165, 1.54) is 55.3 Å². The summed E-state index contributed by atoms with van der Waals surface area (Å²) in [6.07, 6.45) is 9.03. The van der Waals surface area contributed by atoms with E-state index in [1.54, 1.807) is 23.6 Å². The second-order valence-corrected chi connectivity index (χ2v) is 30.6. The van der Waals surface area contributed by atoms with E-state index in [1.807, 2.05) is 69.5 Å². The lowest BCUT2D eigenvalue weighted by Crippen LogP contribution is -2.52. The number of rotatable bonds is 22. The number of nitrogens with zero attached hydrogens (tertiary/aromatic N) is 4. The number of piperidine rings is 1. The van der Waals surface area contributed by atoms with E-state index in [4.69, 9.17) is 10.5 Å². The Balaban J connectivity index is 0.000000282. The SMILES string of the molecule is CPOP(=O)(OO)C(F)(F)c1ccc(/C(C)=C/C(=O)C[C@H](C(=O)N2CCC[C@H]2C(=O)N2CCCCC2)C(C)(C)C)cc1.CPOP(=O)(OO)C(F)(F)c1ccc(/C(C)=C/C(=O)C[C@H](C(=O)N2CCC[C@H]2C(=O)N2CCc3ccccc3C2)C(C)(C)C)cc1. The fourth-order valence-corrected chi connectivity index (χ4v) is 15.8. The van der Waals surface area contributed by atoms with Crippen molar-refractivity contribution in [2.24, 2.45) is 22.7 Å². The van der Waals surface area contributed by atoms with Crippen LogP contribution in [0.5, 0.6) is 0 Å². The molecule has 4 amide bonds. The summed E-state index contributed by atoms with van der Waals surface area (Å²) in [6.45, 7) is 20.9. The molecule has 3 aromatic carbocycles. The minimum atomic E-state index is -5.16. The fraction of sp³-hybridized carbons (Fsp3) is 0.548. The summed E-state index contributed by atoms with van der Waals surface area (Å²) in [5.41, 5.74) is -6.46. The molecule has 18 nitrogen and oxygen atoms in total. The molecule has 2 N–H and O–H groups in total. The quantitative estimate of drug-likeness (QED) is 0.0314. The van der Waals surface area contributed by atoms with E-state index in [0.29, 0.717) is 80.8 Å². The maximum atomic E-state index is 14.8. The first kappa shape index (κ1) is 72.2. The van der Waals surface area contributed by atoms with Gasteiger partial charge in [-0.3, -0.25) is 46.5 Å². The third kappa shape index (κ3) is 17.0. The third-order valence-corrected chi connectivity index (χ3v) is 22.4. The molecule has 4 aliphatic heterocycles. The Morgan fingerprint density at radius 3 is 1.33 bits per heavy atom. The van der Waals surface area contributed by atoms with Crippen LogP contribution in [-0.4, -0.2) is 123 Å². The Kier molecular flexibility index (Phi) is 25.0. The van der Waals surface area contributed by atoms with Gasteiger partial charge in [0.25, 0.3) is 0 Å². The molecule has 0 aliphatic carbocycles. The molecule has 484 valence electrons. The average Bonchev–Trinajstić information content (AvgIpc) is 2.83. The Morgan fingerprint density at radius 1 is 0.568 bits per heavy atom. The van der Waals surface area contributed by atoms with Crippen LogP contribution < -0.4 is 0 Å². The van der Waals surface area contributed by atoms with E-state index < -0.39 is 90.0 Å². The maximum Gasteiger partial charge on any atom is 0.433 e. The highest BCUT2D eigenvalue weighted by molar-refractivity contribution is 7.61. The summed E-state index contributed by atoms with van der Waals surface area (Å²) in [4.78, 5) is 88.3. The van der Waals surface area contributed by atoms with E-state index >= 15 is 0 Å². The van der Waals surface area contributed by atoms with E-state index in [9.17, 15) is 55.5 Å². The molecule has 0 radical (unpaired) electrons. The van der Waals surface area contributed by atoms with Crippen LogP contribution in [0.1, 0.15) is 147 Å². The molecule has 88 heavy (non-hydrogen) atoms. The smallest absolute Gasteiger partial charge is 0.341 e. The highest BCUT2D eigenvalue weighted by atomic mass is 31.2. The summed E-state index contributed by atoms with van der Waals surface area (Å²) in [5.74, 6) is -2.46. The van der Waals surface area contributed by atoms with Crippen molar-refractivity contribution in [3.8, 4) is 0 Å². The number of halogens is 4. The minimum absolute atomic E-state index is 0.00659. The first-order valence-corrected chi connectivity index (χ1v) is 35.4. The molecule has 0 spiro atoms. The number of benzene rings is 3. The van der Waals surface area contributed by atoms with Crippen molar-refractivity contribution >= 4 is 79.1 Å². The van der Waals surface area contributed by atoms with Gasteiger partial charge in [0.05, 0.1) is 11.8 Å². The second-order valence-electron chi connectivity index (χ2n) is 24.9. The summed E-state index contributed by atoms with van der Waals surface area (Å²) in [6, 6.07) is 16.5. The molecule has 0 aromatic heterocycles. The summed E-state index contributed by atoms with van der Waals surface area (Å²) in [7, 11) is -11.5. The van der Waals surface area contributed by atoms with E-state index in [-0.39, 0.29) is 48.0 Å². The summed E-state index contributed by atoms with van der Waals surface area (Å²) >= 11 is 0. The number of hydrogen-bond acceptors (Lipinski definition) is 14. The Hall–Kier alpha value is -4.84. The number of hydrogen-bond donors (Lipinski definition) is 2. The number of carbonyl (C=O) groups is 6. The maximum absolute atomic E-state index is 14.8. The van der Waals surface area contributed by atoms with Crippen molar-refractivity contribution in [2.45, 2.75) is 150 Å². The van der Waals surface area contributed by atoms with Gasteiger partial charge in [-0.2, -0.15) is 17.6 Å². The van der Waals surface area contributed by atoms with Crippen molar-refractivity contribution in [2.75, 3.05) is 46.1 Å². The molecule has 3 fully saturated rings. The van der Waals surface area contributed by atoms with Gasteiger partial charge < -0.3 is 19.6 Å². The molecule has 4 aliphatic rings. The lowest BCUT2D eigenvalue weighted by atomic mass is 9.76. The van der Waals surface area contributed by atoms with E-state index in [0.717, 1.165) is 61.9 Å². The van der Waals surface area contributed by atoms with Gasteiger partial charge in [0.15, 0.2) is 11.6 Å². The van der Waals surface area contributed by atoms with Gasteiger partial charge >= 0.3 is 26.5 Å². The summed E-state index contributed by atoms with van der Waals surface area (Å²) in [5, 5.41) is 17.7. The van der Waals surface area contributed by atoms with Crippen LogP contribution in [0.4, 0.5) is 17.6 Å². The zero-order valence-corrected chi connectivity index (χ0v) is 55.5. The second kappa shape index (κ2) is 30.5. The van der Waals surface area contributed by atoms with Crippen LogP contribution in [0, 0.1) is 22.7 Å². The Bertz CT molecular complexity index is 3150. The molecule has 8 atom stereocenters. The van der Waals surface area contributed by atoms with Gasteiger partial charge in [0.1, 0.15) is 12.1 Å². The van der Waals surface area contributed by atoms with Crippen molar-refractivity contribution in [1.82, 2.24) is 19.6 Å². The fourth-order valence-electron chi connectivity index (χ4n) is 11.6. The van der Waals surface area contributed by atoms with Crippen LogP contribution in [0.2, 0.25) is 0 Å². The van der Waals surface area contributed by atoms with Gasteiger partial charge in [0.2, 0.25) is 23.6 Å². The average molecular weight is 1310 g/mol. The van der Waals surface area contributed by atoms with Crippen LogP contribution >= 0.6 is 32.8 Å². The third-order valence-electron chi connectivity index (χ3n) is 16.7. The highest BCUT2D eigenvalue weighted by Gasteiger charge is 2.57. The van der Waals surface area contributed by atoms with E-state index in [2.05, 4.69) is 24.0 Å². The van der Waals surface area contributed by atoms with Crippen LogP contribution in [0.25, 0.3) is 11.1 Å². The standard InChI is InChI=1S/C33H42F2N2O7P2.C29H42F2N2O7P2/c1-22(23-12-14-26(15-13-23)33(34,35)46(42,43-41)44-45-5)19-27(38)20-28(32(2,3)4)30(39)37-17-8-11-29(37)31(40)36-18-16-24-9-6-7-10-25(24)21-36;1-20(21-11-13-22(14-12-21)29(30,31)42(38,39-37)40-41-5)18-23(34)19-24(28(2,3)4)26(35)33-17-9-10-25(33)27(36)32-15-7-6-8-16-32/h6-7,9-10,12-15,19,28-29,41,45H,8,11,16-18,20-21H2,1-5H3;11-14,18,24-25,37,41H,6-10,15-17,19H2,1-5H3/b22-19+;20-18+/t28-,29+,46?;24-,25+,42?/m11/s1. The zero-order valence-electron chi connectivity index (χ0n) is 51.7. The first-order chi connectivity index (χ1) is 41.3. The molecule has 4 heterocycles. The highest BCUT2D eigenvalue weighted by Crippen LogP contribution is 2.69. The number of likely N-dealkylation sites (tertiary alicyclic amines) is 3. The Labute approximate surface area is 517 Å². The predicted octanol–water partition coefficient (Wildman–Crippen LogP) is 13.9. The molecule has 3 saturated heterocycles. The number of ketones is 2. The van der Waals surface area contributed by atoms with Gasteiger partial charge in [-0.15, -0.1) is 9.35 Å². The predicted molar refractivity (Wildman–Crippen MR) is 332 cm³/mol. The molecule has 0 saturated carbocycles. The van der Waals surface area contributed by atoms with Crippen molar-refractivity contribution in [3.63, 3.8) is 0 Å². The number of carbonyl (C=O) groups excluding carboxylic acids is 6. The number of amides is 4. The minimum Gasteiger partial charge on any atom is -0.341 e. The number of allylic oxidation sites excluding steroid dienone is 4. The van der Waals surface area contributed by atoms with Crippen LogP contribution in [0.15, 0.2) is 84.9 Å².